The Morgan fingerprint density at radius 3 is 2.33 bits per heavy atom. The summed E-state index contributed by atoms with van der Waals surface area (Å²) < 4.78 is 26.6. The van der Waals surface area contributed by atoms with Gasteiger partial charge in [0.1, 0.15) is 5.69 Å². The summed E-state index contributed by atoms with van der Waals surface area (Å²) in [6, 6.07) is 15.6. The van der Waals surface area contributed by atoms with Gasteiger partial charge in [0.05, 0.1) is 12.3 Å². The molecule has 0 N–H and O–H groups in total. The number of halogens is 1. The number of hydrogen-bond acceptors (Lipinski definition) is 3. The van der Waals surface area contributed by atoms with Gasteiger partial charge in [-0.2, -0.15) is 0 Å². The summed E-state index contributed by atoms with van der Waals surface area (Å²) in [4.78, 5) is 3.19. The van der Waals surface area contributed by atoms with E-state index in [1.165, 1.54) is 4.31 Å². The fourth-order valence-corrected chi connectivity index (χ4v) is 4.15. The van der Waals surface area contributed by atoms with Crippen molar-refractivity contribution < 1.29 is 8.42 Å². The van der Waals surface area contributed by atoms with Crippen molar-refractivity contribution in [2.24, 2.45) is 0 Å². The molecule has 0 heterocycles. The first-order valence-electron chi connectivity index (χ1n) is 7.20. The van der Waals surface area contributed by atoms with Gasteiger partial charge in [0.15, 0.2) is 4.98 Å². The lowest BCUT2D eigenvalue weighted by Gasteiger charge is -2.27. The minimum Gasteiger partial charge on any atom is -0.255 e. The molecular formula is C17H17BrN3O2S+. The summed E-state index contributed by atoms with van der Waals surface area (Å²) in [5.41, 5.74) is 1.45. The van der Waals surface area contributed by atoms with Crippen molar-refractivity contribution in [1.82, 2.24) is 0 Å². The fraction of sp³-hybridized carbons (Fsp3) is 0.176. The van der Waals surface area contributed by atoms with E-state index < -0.39 is 16.1 Å². The van der Waals surface area contributed by atoms with E-state index in [1.54, 1.807) is 31.2 Å². The van der Waals surface area contributed by atoms with Crippen molar-refractivity contribution in [3.05, 3.63) is 69.6 Å². The van der Waals surface area contributed by atoms with Gasteiger partial charge < -0.3 is 0 Å². The number of para-hydroxylation sites is 1. The van der Waals surface area contributed by atoms with Gasteiger partial charge in [0.25, 0.3) is 0 Å². The van der Waals surface area contributed by atoms with E-state index in [0.717, 1.165) is 11.8 Å². The van der Waals surface area contributed by atoms with E-state index in [2.05, 4.69) is 20.9 Å². The Morgan fingerprint density at radius 1 is 1.17 bits per heavy atom. The number of hydrogen-bond donors (Lipinski definition) is 0. The summed E-state index contributed by atoms with van der Waals surface area (Å²) in [5, 5.41) is 9.17. The lowest BCUT2D eigenvalue weighted by atomic mass is 10.1. The molecule has 24 heavy (non-hydrogen) atoms. The number of anilines is 1. The fourth-order valence-electron chi connectivity index (χ4n) is 2.35. The summed E-state index contributed by atoms with van der Waals surface area (Å²) in [6.07, 6.45) is 2.99. The number of benzene rings is 2. The van der Waals surface area contributed by atoms with E-state index in [1.807, 2.05) is 36.4 Å². The van der Waals surface area contributed by atoms with E-state index in [4.69, 9.17) is 5.39 Å². The maximum atomic E-state index is 12.4. The predicted molar refractivity (Wildman–Crippen MR) is 101 cm³/mol. The first-order chi connectivity index (χ1) is 11.3. The molecule has 0 bridgehead atoms. The van der Waals surface area contributed by atoms with Crippen LogP contribution in [-0.2, 0) is 10.0 Å². The topological polar surface area (TPSA) is 65.5 Å². The summed E-state index contributed by atoms with van der Waals surface area (Å²) >= 11 is 3.48. The molecule has 2 aromatic carbocycles. The van der Waals surface area contributed by atoms with E-state index >= 15 is 0 Å². The van der Waals surface area contributed by atoms with E-state index in [9.17, 15) is 8.42 Å². The molecule has 1 atom stereocenters. The smallest absolute Gasteiger partial charge is 0.255 e. The van der Waals surface area contributed by atoms with Crippen LogP contribution in [0.15, 0.2) is 59.1 Å². The highest BCUT2D eigenvalue weighted by molar-refractivity contribution is 9.11. The first kappa shape index (κ1) is 18.2. The standard InChI is InChI=1S/C17H17BrN3O2S/c1-13(15(18)12-14-8-4-3-5-9-14)21(24(2,22)23)17-11-7-6-10-16(17)20-19/h3-13H,1-2H3/q+1/b15-12-. The summed E-state index contributed by atoms with van der Waals surface area (Å²) in [6.45, 7) is 1.76. The van der Waals surface area contributed by atoms with Gasteiger partial charge in [-0.05, 0) is 24.6 Å². The molecule has 0 amide bonds. The third-order valence-electron chi connectivity index (χ3n) is 3.44. The SMILES string of the molecule is CC(/C(Br)=C/c1ccccc1)N(c1ccccc1[N+]#N)S(C)(=O)=O. The maximum absolute atomic E-state index is 12.4. The minimum absolute atomic E-state index is 0.190. The molecule has 2 rings (SSSR count). The summed E-state index contributed by atoms with van der Waals surface area (Å²) in [7, 11) is -3.60. The lowest BCUT2D eigenvalue weighted by molar-refractivity contribution is 0.593. The molecule has 0 fully saturated rings. The van der Waals surface area contributed by atoms with Crippen LogP contribution in [0.1, 0.15) is 12.5 Å². The number of nitrogens with zero attached hydrogens (tertiary/aromatic N) is 3. The third kappa shape index (κ3) is 4.22. The highest BCUT2D eigenvalue weighted by Gasteiger charge is 2.31. The van der Waals surface area contributed by atoms with Crippen LogP contribution in [0.25, 0.3) is 11.1 Å². The molecule has 0 aliphatic rings. The molecule has 7 heteroatoms. The molecule has 124 valence electrons. The number of diazo groups is 1. The van der Waals surface area contributed by atoms with Gasteiger partial charge in [0, 0.05) is 10.5 Å². The molecule has 0 saturated heterocycles. The average molecular weight is 407 g/mol. The van der Waals surface area contributed by atoms with Crippen LogP contribution in [0.5, 0.6) is 0 Å². The number of rotatable bonds is 5. The van der Waals surface area contributed by atoms with Crippen LogP contribution in [0.2, 0.25) is 0 Å². The highest BCUT2D eigenvalue weighted by Crippen LogP contribution is 2.34. The van der Waals surface area contributed by atoms with Crippen LogP contribution in [0.4, 0.5) is 11.4 Å². The molecular weight excluding hydrogens is 390 g/mol. The molecule has 2 aromatic rings. The van der Waals surface area contributed by atoms with Crippen molar-refractivity contribution in [1.29, 1.82) is 5.39 Å². The zero-order valence-corrected chi connectivity index (χ0v) is 15.7. The van der Waals surface area contributed by atoms with Crippen LogP contribution in [-0.4, -0.2) is 20.7 Å². The van der Waals surface area contributed by atoms with Gasteiger partial charge in [-0.3, -0.25) is 4.31 Å². The normalized spacial score (nSPS) is 13.2. The molecule has 1 unspecified atom stereocenters. The average Bonchev–Trinajstić information content (AvgIpc) is 2.55. The van der Waals surface area contributed by atoms with Crippen molar-refractivity contribution in [3.63, 3.8) is 0 Å². The monoisotopic (exact) mass is 406 g/mol. The van der Waals surface area contributed by atoms with E-state index in [0.29, 0.717) is 10.2 Å². The van der Waals surface area contributed by atoms with Gasteiger partial charge in [-0.25, -0.2) is 8.42 Å². The van der Waals surface area contributed by atoms with Gasteiger partial charge in [-0.15, -0.1) is 0 Å². The van der Waals surface area contributed by atoms with E-state index in [-0.39, 0.29) is 5.69 Å². The molecule has 0 spiro atoms. The molecule has 0 radical (unpaired) electrons. The van der Waals surface area contributed by atoms with Crippen LogP contribution in [0.3, 0.4) is 0 Å². The van der Waals surface area contributed by atoms with Crippen LogP contribution < -0.4 is 4.31 Å². The van der Waals surface area contributed by atoms with Gasteiger partial charge in [0.2, 0.25) is 15.4 Å². The second-order valence-electron chi connectivity index (χ2n) is 5.26. The minimum atomic E-state index is -3.60. The Labute approximate surface area is 150 Å². The largest absolute Gasteiger partial charge is 0.409 e. The maximum Gasteiger partial charge on any atom is 0.409 e. The zero-order valence-electron chi connectivity index (χ0n) is 13.3. The molecule has 0 aromatic heterocycles. The quantitative estimate of drug-likeness (QED) is 0.672. The van der Waals surface area contributed by atoms with Gasteiger partial charge in [-0.1, -0.05) is 58.4 Å². The van der Waals surface area contributed by atoms with Crippen LogP contribution in [0, 0.1) is 5.39 Å². The van der Waals surface area contributed by atoms with Crippen molar-refractivity contribution in [3.8, 4) is 0 Å². The zero-order chi connectivity index (χ0) is 17.7. The lowest BCUT2D eigenvalue weighted by Crippen LogP contribution is -2.38. The second kappa shape index (κ2) is 7.60. The highest BCUT2D eigenvalue weighted by atomic mass is 79.9. The Hall–Kier alpha value is -2.17. The second-order valence-corrected chi connectivity index (χ2v) is 8.04. The molecule has 0 aliphatic heterocycles. The Balaban J connectivity index is 2.50. The van der Waals surface area contributed by atoms with Crippen molar-refractivity contribution in [2.45, 2.75) is 13.0 Å². The van der Waals surface area contributed by atoms with Crippen molar-refractivity contribution in [2.75, 3.05) is 10.6 Å². The Morgan fingerprint density at radius 2 is 1.75 bits per heavy atom. The Kier molecular flexibility index (Phi) is 5.75. The van der Waals surface area contributed by atoms with Crippen LogP contribution >= 0.6 is 15.9 Å². The predicted octanol–water partition coefficient (Wildman–Crippen LogP) is 4.76. The first-order valence-corrected chi connectivity index (χ1v) is 9.84. The molecule has 0 aliphatic carbocycles. The molecule has 5 nitrogen and oxygen atoms in total. The van der Waals surface area contributed by atoms with Crippen molar-refractivity contribution >= 4 is 43.4 Å². The molecule has 0 saturated carbocycles. The Bertz CT molecular complexity index is 890. The third-order valence-corrected chi connectivity index (χ3v) is 5.56. The summed E-state index contributed by atoms with van der Waals surface area (Å²) in [5.74, 6) is 0. The van der Waals surface area contributed by atoms with Gasteiger partial charge >= 0.3 is 5.69 Å². The number of sulfonamides is 1.